The largest absolute Gasteiger partial charge is 0.495 e. The smallest absolute Gasteiger partial charge is 0.338 e. The van der Waals surface area contributed by atoms with Gasteiger partial charge in [0.15, 0.2) is 6.61 Å². The molecule has 4 rings (SSSR count). The summed E-state index contributed by atoms with van der Waals surface area (Å²) in [5.41, 5.74) is 3.95. The van der Waals surface area contributed by atoms with E-state index in [-0.39, 0.29) is 16.7 Å². The van der Waals surface area contributed by atoms with E-state index in [0.29, 0.717) is 17.1 Å². The molecular formula is C27H24N2O6. The first-order valence-corrected chi connectivity index (χ1v) is 10.9. The molecule has 178 valence electrons. The van der Waals surface area contributed by atoms with Crippen LogP contribution in [0.25, 0.3) is 0 Å². The zero-order valence-corrected chi connectivity index (χ0v) is 19.8. The predicted molar refractivity (Wildman–Crippen MR) is 130 cm³/mol. The lowest BCUT2D eigenvalue weighted by atomic mass is 10.1. The molecule has 1 N–H and O–H groups in total. The maximum Gasteiger partial charge on any atom is 0.338 e. The maximum absolute atomic E-state index is 13.1. The fraction of sp³-hybridized carbons (Fsp3) is 0.185. The molecule has 0 saturated heterocycles. The van der Waals surface area contributed by atoms with E-state index in [9.17, 15) is 19.2 Å². The predicted octanol–water partition coefficient (Wildman–Crippen LogP) is 4.22. The molecule has 35 heavy (non-hydrogen) atoms. The first-order chi connectivity index (χ1) is 16.7. The van der Waals surface area contributed by atoms with Crippen LogP contribution in [0.1, 0.15) is 47.8 Å². The Hall–Kier alpha value is -4.46. The summed E-state index contributed by atoms with van der Waals surface area (Å²) in [4.78, 5) is 52.0. The van der Waals surface area contributed by atoms with Gasteiger partial charge in [0.1, 0.15) is 5.75 Å². The SMILES string of the molecule is COc1ccc(C)cc1NC(=O)COC(=O)c1ccc2c(c1)C(=O)N(c1cc(C)ccc1C)C2=O. The number of aryl methyl sites for hydroxylation is 3. The highest BCUT2D eigenvalue weighted by atomic mass is 16.5. The number of esters is 1. The Labute approximate surface area is 202 Å². The van der Waals surface area contributed by atoms with Crippen LogP contribution in [0, 0.1) is 20.8 Å². The highest BCUT2D eigenvalue weighted by Crippen LogP contribution is 2.32. The minimum atomic E-state index is -0.787. The summed E-state index contributed by atoms with van der Waals surface area (Å²) in [6.45, 7) is 5.03. The van der Waals surface area contributed by atoms with E-state index in [1.807, 2.05) is 39.0 Å². The summed E-state index contributed by atoms with van der Waals surface area (Å²) in [7, 11) is 1.49. The zero-order valence-electron chi connectivity index (χ0n) is 19.8. The third-order valence-corrected chi connectivity index (χ3v) is 5.69. The molecule has 0 fully saturated rings. The van der Waals surface area contributed by atoms with Crippen molar-refractivity contribution < 1.29 is 28.7 Å². The van der Waals surface area contributed by atoms with E-state index in [4.69, 9.17) is 9.47 Å². The first-order valence-electron chi connectivity index (χ1n) is 10.9. The normalized spacial score (nSPS) is 12.4. The molecule has 3 amide bonds. The van der Waals surface area contributed by atoms with Gasteiger partial charge in [0.25, 0.3) is 17.7 Å². The van der Waals surface area contributed by atoms with Crippen molar-refractivity contribution in [1.29, 1.82) is 0 Å². The third kappa shape index (κ3) is 4.63. The zero-order chi connectivity index (χ0) is 25.3. The molecule has 0 atom stereocenters. The van der Waals surface area contributed by atoms with E-state index >= 15 is 0 Å². The molecule has 0 saturated carbocycles. The number of methoxy groups -OCH3 is 1. The van der Waals surface area contributed by atoms with E-state index in [1.54, 1.807) is 18.2 Å². The molecule has 0 aliphatic carbocycles. The van der Waals surface area contributed by atoms with Gasteiger partial charge in [0.2, 0.25) is 0 Å². The van der Waals surface area contributed by atoms with Gasteiger partial charge < -0.3 is 14.8 Å². The molecule has 8 heteroatoms. The van der Waals surface area contributed by atoms with E-state index in [0.717, 1.165) is 21.6 Å². The van der Waals surface area contributed by atoms with Crippen LogP contribution >= 0.6 is 0 Å². The molecule has 1 aliphatic heterocycles. The van der Waals surface area contributed by atoms with Gasteiger partial charge in [-0.05, 0) is 73.9 Å². The van der Waals surface area contributed by atoms with Gasteiger partial charge in [-0.15, -0.1) is 0 Å². The number of imide groups is 1. The fourth-order valence-corrected chi connectivity index (χ4v) is 3.87. The number of hydrogen-bond donors (Lipinski definition) is 1. The van der Waals surface area contributed by atoms with Crippen molar-refractivity contribution in [3.05, 3.63) is 88.0 Å². The molecule has 1 aliphatic rings. The third-order valence-electron chi connectivity index (χ3n) is 5.69. The second kappa shape index (κ2) is 9.42. The van der Waals surface area contributed by atoms with Crippen molar-refractivity contribution in [1.82, 2.24) is 0 Å². The van der Waals surface area contributed by atoms with Crippen molar-refractivity contribution in [2.24, 2.45) is 0 Å². The Kier molecular flexibility index (Phi) is 6.38. The van der Waals surface area contributed by atoms with Gasteiger partial charge in [-0.1, -0.05) is 18.2 Å². The quantitative estimate of drug-likeness (QED) is 0.426. The molecule has 0 aromatic heterocycles. The summed E-state index contributed by atoms with van der Waals surface area (Å²) in [6.07, 6.45) is 0. The molecular weight excluding hydrogens is 448 g/mol. The van der Waals surface area contributed by atoms with Crippen LogP contribution in [0.5, 0.6) is 5.75 Å². The second-order valence-electron chi connectivity index (χ2n) is 8.32. The number of carbonyl (C=O) groups is 4. The summed E-state index contributed by atoms with van der Waals surface area (Å²) in [5.74, 6) is -1.83. The van der Waals surface area contributed by atoms with Crippen molar-refractivity contribution in [2.75, 3.05) is 23.9 Å². The molecule has 0 spiro atoms. The number of carbonyl (C=O) groups excluding carboxylic acids is 4. The van der Waals surface area contributed by atoms with Crippen molar-refractivity contribution >= 4 is 35.1 Å². The summed E-state index contributed by atoms with van der Waals surface area (Å²) < 4.78 is 10.4. The number of benzene rings is 3. The average Bonchev–Trinajstić information content (AvgIpc) is 3.08. The van der Waals surface area contributed by atoms with Gasteiger partial charge in [-0.25, -0.2) is 9.69 Å². The Morgan fingerprint density at radius 3 is 2.29 bits per heavy atom. The second-order valence-corrected chi connectivity index (χ2v) is 8.32. The van der Waals surface area contributed by atoms with Crippen molar-refractivity contribution in [3.63, 3.8) is 0 Å². The van der Waals surface area contributed by atoms with Gasteiger partial charge in [-0.2, -0.15) is 0 Å². The molecule has 0 unspecified atom stereocenters. The number of nitrogens with zero attached hydrogens (tertiary/aromatic N) is 1. The van der Waals surface area contributed by atoms with E-state index < -0.39 is 30.3 Å². The molecule has 3 aromatic carbocycles. The van der Waals surface area contributed by atoms with Crippen LogP contribution in [0.2, 0.25) is 0 Å². The molecule has 0 bridgehead atoms. The maximum atomic E-state index is 13.1. The monoisotopic (exact) mass is 472 g/mol. The molecule has 8 nitrogen and oxygen atoms in total. The Bertz CT molecular complexity index is 1380. The Morgan fingerprint density at radius 1 is 0.857 bits per heavy atom. The van der Waals surface area contributed by atoms with E-state index in [2.05, 4.69) is 5.32 Å². The molecule has 1 heterocycles. The summed E-state index contributed by atoms with van der Waals surface area (Å²) in [6, 6.07) is 15.0. The van der Waals surface area contributed by atoms with Crippen LogP contribution in [0.15, 0.2) is 54.6 Å². The molecule has 0 radical (unpaired) electrons. The van der Waals surface area contributed by atoms with Gasteiger partial charge in [0, 0.05) is 0 Å². The van der Waals surface area contributed by atoms with Crippen molar-refractivity contribution in [3.8, 4) is 5.75 Å². The van der Waals surface area contributed by atoms with Crippen LogP contribution in [0.3, 0.4) is 0 Å². The summed E-state index contributed by atoms with van der Waals surface area (Å²) in [5, 5.41) is 2.65. The lowest BCUT2D eigenvalue weighted by Gasteiger charge is -2.17. The number of amides is 3. The first kappa shape index (κ1) is 23.7. The number of rotatable bonds is 6. The number of anilines is 2. The highest BCUT2D eigenvalue weighted by Gasteiger charge is 2.38. The minimum Gasteiger partial charge on any atom is -0.495 e. The number of nitrogens with one attached hydrogen (secondary N) is 1. The lowest BCUT2D eigenvalue weighted by Crippen LogP contribution is -2.30. The lowest BCUT2D eigenvalue weighted by molar-refractivity contribution is -0.119. The number of fused-ring (bicyclic) bond motifs is 1. The van der Waals surface area contributed by atoms with Gasteiger partial charge in [0.05, 0.1) is 35.2 Å². The number of ether oxygens (including phenoxy) is 2. The standard InChI is InChI=1S/C27H24N2O6/c1-15-6-10-23(34-4)21(11-15)28-24(30)14-35-27(33)18-8-9-19-20(13-18)26(32)29(25(19)31)22-12-16(2)5-7-17(22)3/h5-13H,14H2,1-4H3,(H,28,30). The topological polar surface area (TPSA) is 102 Å². The van der Waals surface area contributed by atoms with E-state index in [1.165, 1.54) is 25.3 Å². The van der Waals surface area contributed by atoms with Crippen molar-refractivity contribution in [2.45, 2.75) is 20.8 Å². The average molecular weight is 472 g/mol. The van der Waals surface area contributed by atoms with Crippen LogP contribution < -0.4 is 15.0 Å². The van der Waals surface area contributed by atoms with Gasteiger partial charge >= 0.3 is 5.97 Å². The minimum absolute atomic E-state index is 0.0636. The Balaban J connectivity index is 1.47. The fourth-order valence-electron chi connectivity index (χ4n) is 3.87. The van der Waals surface area contributed by atoms with Crippen LogP contribution in [-0.4, -0.2) is 37.4 Å². The van der Waals surface area contributed by atoms with Gasteiger partial charge in [-0.3, -0.25) is 14.4 Å². The van der Waals surface area contributed by atoms with Crippen LogP contribution in [-0.2, 0) is 9.53 Å². The highest BCUT2D eigenvalue weighted by molar-refractivity contribution is 6.35. The molecule has 3 aromatic rings. The van der Waals surface area contributed by atoms with Crippen LogP contribution in [0.4, 0.5) is 11.4 Å². The Morgan fingerprint density at radius 2 is 1.54 bits per heavy atom. The number of hydrogen-bond acceptors (Lipinski definition) is 6. The summed E-state index contributed by atoms with van der Waals surface area (Å²) >= 11 is 0.